The average molecular weight is 429 g/mol. The van der Waals surface area contributed by atoms with Crippen LogP contribution in [0.25, 0.3) is 0 Å². The first-order valence-corrected chi connectivity index (χ1v) is 10.8. The molecule has 3 rings (SSSR count). The fraction of sp³-hybridized carbons (Fsp3) is 0.458. The number of aryl methyl sites for hydroxylation is 1. The summed E-state index contributed by atoms with van der Waals surface area (Å²) in [7, 11) is 3.46. The number of halogens is 1. The lowest BCUT2D eigenvalue weighted by atomic mass is 10.0. The van der Waals surface area contributed by atoms with Gasteiger partial charge in [0.2, 0.25) is 0 Å². The van der Waals surface area contributed by atoms with Crippen molar-refractivity contribution in [3.63, 3.8) is 0 Å². The highest BCUT2D eigenvalue weighted by atomic mass is 19.1. The topological polar surface area (TPSA) is 58.1 Å². The summed E-state index contributed by atoms with van der Waals surface area (Å²) in [5.41, 5.74) is 2.37. The molecule has 0 aliphatic carbocycles. The van der Waals surface area contributed by atoms with Gasteiger partial charge in [0.25, 0.3) is 0 Å². The van der Waals surface area contributed by atoms with Crippen molar-refractivity contribution < 1.29 is 13.9 Å². The molecule has 168 valence electrons. The summed E-state index contributed by atoms with van der Waals surface area (Å²) in [6.07, 6.45) is 1.98. The van der Waals surface area contributed by atoms with E-state index in [1.165, 1.54) is 17.7 Å². The lowest BCUT2D eigenvalue weighted by molar-refractivity contribution is 0.0170. The molecule has 0 spiro atoms. The molecule has 2 aromatic rings. The standard InChI is InChI=1S/C24H33FN4O2/c1-26-24(27-13-3-4-19-5-11-22(30-2)12-6-19)28-18-23(29-14-16-31-17-15-29)20-7-9-21(25)10-8-20/h5-12,23H,3-4,13-18H2,1-2H3,(H2,26,27,28). The van der Waals surface area contributed by atoms with Crippen LogP contribution in [0.1, 0.15) is 23.6 Å². The van der Waals surface area contributed by atoms with Crippen molar-refractivity contribution in [3.05, 3.63) is 65.5 Å². The quantitative estimate of drug-likeness (QED) is 0.365. The van der Waals surface area contributed by atoms with Crippen LogP contribution >= 0.6 is 0 Å². The molecule has 1 heterocycles. The highest BCUT2D eigenvalue weighted by molar-refractivity contribution is 5.79. The summed E-state index contributed by atoms with van der Waals surface area (Å²) in [6.45, 7) is 4.66. The minimum absolute atomic E-state index is 0.127. The van der Waals surface area contributed by atoms with E-state index < -0.39 is 0 Å². The van der Waals surface area contributed by atoms with Gasteiger partial charge in [0, 0.05) is 33.2 Å². The molecule has 2 aromatic carbocycles. The number of methoxy groups -OCH3 is 1. The molecule has 31 heavy (non-hydrogen) atoms. The van der Waals surface area contributed by atoms with Crippen LogP contribution in [0.4, 0.5) is 4.39 Å². The number of nitrogens with zero attached hydrogens (tertiary/aromatic N) is 2. The predicted octanol–water partition coefficient (Wildman–Crippen LogP) is 3.01. The van der Waals surface area contributed by atoms with Crippen LogP contribution in [0.5, 0.6) is 5.75 Å². The molecule has 1 saturated heterocycles. The molecule has 1 fully saturated rings. The Labute approximate surface area is 184 Å². The molecule has 0 radical (unpaired) electrons. The molecule has 2 N–H and O–H groups in total. The van der Waals surface area contributed by atoms with Crippen molar-refractivity contribution in [2.45, 2.75) is 18.9 Å². The maximum absolute atomic E-state index is 13.4. The van der Waals surface area contributed by atoms with E-state index in [1.807, 2.05) is 24.3 Å². The van der Waals surface area contributed by atoms with Gasteiger partial charge in [0.1, 0.15) is 11.6 Å². The van der Waals surface area contributed by atoms with Crippen LogP contribution in [0.15, 0.2) is 53.5 Å². The number of nitrogens with one attached hydrogen (secondary N) is 2. The average Bonchev–Trinajstić information content (AvgIpc) is 2.82. The summed E-state index contributed by atoms with van der Waals surface area (Å²) in [6, 6.07) is 15.1. The molecule has 0 aromatic heterocycles. The Hall–Kier alpha value is -2.64. The first kappa shape index (κ1) is 23.0. The van der Waals surface area contributed by atoms with Gasteiger partial charge in [0.05, 0.1) is 26.4 Å². The van der Waals surface area contributed by atoms with Gasteiger partial charge in [-0.1, -0.05) is 24.3 Å². The van der Waals surface area contributed by atoms with E-state index in [0.29, 0.717) is 6.54 Å². The molecule has 6 nitrogen and oxygen atoms in total. The van der Waals surface area contributed by atoms with Crippen molar-refractivity contribution in [2.75, 3.05) is 53.6 Å². The Morgan fingerprint density at radius 3 is 2.45 bits per heavy atom. The molecule has 1 atom stereocenters. The Kier molecular flexibility index (Phi) is 9.12. The molecule has 1 unspecified atom stereocenters. The lowest BCUT2D eigenvalue weighted by Crippen LogP contribution is -2.46. The zero-order valence-corrected chi connectivity index (χ0v) is 18.4. The van der Waals surface area contributed by atoms with E-state index in [1.54, 1.807) is 14.2 Å². The summed E-state index contributed by atoms with van der Waals surface area (Å²) >= 11 is 0. The van der Waals surface area contributed by atoms with Crippen molar-refractivity contribution in [2.24, 2.45) is 4.99 Å². The van der Waals surface area contributed by atoms with Gasteiger partial charge >= 0.3 is 0 Å². The normalized spacial score (nSPS) is 16.0. The van der Waals surface area contributed by atoms with Gasteiger partial charge in [-0.3, -0.25) is 9.89 Å². The number of benzene rings is 2. The minimum atomic E-state index is -0.216. The largest absolute Gasteiger partial charge is 0.497 e. The zero-order chi connectivity index (χ0) is 21.9. The van der Waals surface area contributed by atoms with Gasteiger partial charge in [-0.25, -0.2) is 4.39 Å². The van der Waals surface area contributed by atoms with Crippen LogP contribution in [0.3, 0.4) is 0 Å². The van der Waals surface area contributed by atoms with Crippen molar-refractivity contribution in [1.29, 1.82) is 0 Å². The summed E-state index contributed by atoms with van der Waals surface area (Å²) in [5.74, 6) is 1.43. The molecule has 0 amide bonds. The zero-order valence-electron chi connectivity index (χ0n) is 18.4. The van der Waals surface area contributed by atoms with Crippen LogP contribution in [0, 0.1) is 5.82 Å². The minimum Gasteiger partial charge on any atom is -0.497 e. The Bertz CT molecular complexity index is 805. The van der Waals surface area contributed by atoms with Gasteiger partial charge in [-0.2, -0.15) is 0 Å². The van der Waals surface area contributed by atoms with E-state index in [-0.39, 0.29) is 11.9 Å². The molecule has 7 heteroatoms. The first-order valence-electron chi connectivity index (χ1n) is 10.8. The smallest absolute Gasteiger partial charge is 0.191 e. The molecular formula is C24H33FN4O2. The number of guanidine groups is 1. The van der Waals surface area contributed by atoms with E-state index in [2.05, 4.69) is 32.7 Å². The summed E-state index contributed by atoms with van der Waals surface area (Å²) in [4.78, 5) is 6.73. The first-order chi connectivity index (χ1) is 15.2. The fourth-order valence-electron chi connectivity index (χ4n) is 3.74. The van der Waals surface area contributed by atoms with Gasteiger partial charge in [-0.05, 0) is 48.2 Å². The summed E-state index contributed by atoms with van der Waals surface area (Å²) < 4.78 is 24.1. The molecule has 1 aliphatic rings. The number of ether oxygens (including phenoxy) is 2. The second kappa shape index (κ2) is 12.3. The van der Waals surface area contributed by atoms with E-state index in [0.717, 1.165) is 63.0 Å². The lowest BCUT2D eigenvalue weighted by Gasteiger charge is -2.35. The van der Waals surface area contributed by atoms with Crippen molar-refractivity contribution >= 4 is 5.96 Å². The highest BCUT2D eigenvalue weighted by Crippen LogP contribution is 2.21. The maximum atomic E-state index is 13.4. The van der Waals surface area contributed by atoms with E-state index in [4.69, 9.17) is 9.47 Å². The molecule has 0 saturated carbocycles. The maximum Gasteiger partial charge on any atom is 0.191 e. The Morgan fingerprint density at radius 2 is 1.81 bits per heavy atom. The third kappa shape index (κ3) is 7.22. The van der Waals surface area contributed by atoms with E-state index in [9.17, 15) is 4.39 Å². The van der Waals surface area contributed by atoms with Crippen LogP contribution in [-0.4, -0.2) is 64.4 Å². The second-order valence-electron chi connectivity index (χ2n) is 7.55. The third-order valence-corrected chi connectivity index (χ3v) is 5.52. The van der Waals surface area contributed by atoms with Gasteiger partial charge in [-0.15, -0.1) is 0 Å². The Balaban J connectivity index is 1.49. The SMILES string of the molecule is CN=C(NCCCc1ccc(OC)cc1)NCC(c1ccc(F)cc1)N1CCOCC1. The molecular weight excluding hydrogens is 395 g/mol. The molecule has 0 bridgehead atoms. The third-order valence-electron chi connectivity index (χ3n) is 5.52. The van der Waals surface area contributed by atoms with Crippen molar-refractivity contribution in [3.8, 4) is 5.75 Å². The second-order valence-corrected chi connectivity index (χ2v) is 7.55. The van der Waals surface area contributed by atoms with Gasteiger partial charge < -0.3 is 20.1 Å². The Morgan fingerprint density at radius 1 is 1.10 bits per heavy atom. The predicted molar refractivity (Wildman–Crippen MR) is 122 cm³/mol. The van der Waals surface area contributed by atoms with Crippen LogP contribution in [0.2, 0.25) is 0 Å². The molecule has 1 aliphatic heterocycles. The fourth-order valence-corrected chi connectivity index (χ4v) is 3.74. The number of aliphatic imine (C=N–C) groups is 1. The number of rotatable bonds is 9. The monoisotopic (exact) mass is 428 g/mol. The van der Waals surface area contributed by atoms with Crippen LogP contribution in [-0.2, 0) is 11.2 Å². The summed E-state index contributed by atoms with van der Waals surface area (Å²) in [5, 5.41) is 6.83. The van der Waals surface area contributed by atoms with Crippen LogP contribution < -0.4 is 15.4 Å². The van der Waals surface area contributed by atoms with E-state index >= 15 is 0 Å². The number of hydrogen-bond donors (Lipinski definition) is 2. The number of morpholine rings is 1. The van der Waals surface area contributed by atoms with Crippen molar-refractivity contribution in [1.82, 2.24) is 15.5 Å². The number of hydrogen-bond acceptors (Lipinski definition) is 4. The highest BCUT2D eigenvalue weighted by Gasteiger charge is 2.23. The van der Waals surface area contributed by atoms with Gasteiger partial charge in [0.15, 0.2) is 5.96 Å².